The van der Waals surface area contributed by atoms with Crippen LogP contribution >= 0.6 is 0 Å². The molecule has 4 rings (SSSR count). The monoisotopic (exact) mass is 467 g/mol. The molecule has 0 radical (unpaired) electrons. The summed E-state index contributed by atoms with van der Waals surface area (Å²) in [5.74, 6) is 0.0930. The van der Waals surface area contributed by atoms with Gasteiger partial charge in [0.1, 0.15) is 10.6 Å². The van der Waals surface area contributed by atoms with Crippen molar-refractivity contribution in [2.45, 2.75) is 37.3 Å². The number of halogens is 3. The highest BCUT2D eigenvalue weighted by molar-refractivity contribution is 7.91. The second kappa shape index (κ2) is 8.19. The van der Waals surface area contributed by atoms with Crippen molar-refractivity contribution < 1.29 is 26.3 Å². The molecule has 1 aromatic carbocycles. The second-order valence-electron chi connectivity index (χ2n) is 7.67. The van der Waals surface area contributed by atoms with Crippen molar-refractivity contribution in [3.8, 4) is 11.6 Å². The Balaban J connectivity index is 1.84. The standard InChI is InChI=1S/C21H20F3N3O4S/c1-2-32(29,30)18-9-16(31-12-13-4-3-5-13)11-25-19(18)27-20(28)17-8-15(21(22,23)24)7-6-14(17)10-26-27/h6-11,13H,2-5,12H2,1H3. The zero-order valence-electron chi connectivity index (χ0n) is 17.1. The summed E-state index contributed by atoms with van der Waals surface area (Å²) in [5, 5.41) is 3.90. The molecular weight excluding hydrogens is 447 g/mol. The van der Waals surface area contributed by atoms with Crippen molar-refractivity contribution in [2.24, 2.45) is 5.92 Å². The third-order valence-corrected chi connectivity index (χ3v) is 7.28. The lowest BCUT2D eigenvalue weighted by atomic mass is 9.86. The molecule has 0 N–H and O–H groups in total. The molecule has 7 nitrogen and oxygen atoms in total. The molecule has 0 saturated heterocycles. The van der Waals surface area contributed by atoms with E-state index in [-0.39, 0.29) is 33.0 Å². The van der Waals surface area contributed by atoms with Gasteiger partial charge in [-0.15, -0.1) is 0 Å². The first-order chi connectivity index (χ1) is 15.1. The Labute approximate surface area is 181 Å². The average molecular weight is 467 g/mol. The molecular formula is C21H20F3N3O4S. The van der Waals surface area contributed by atoms with Crippen molar-refractivity contribution in [1.82, 2.24) is 14.8 Å². The van der Waals surface area contributed by atoms with Gasteiger partial charge in [-0.1, -0.05) is 19.4 Å². The lowest BCUT2D eigenvalue weighted by Crippen LogP contribution is -2.25. The van der Waals surface area contributed by atoms with Gasteiger partial charge in [-0.05, 0) is 30.9 Å². The summed E-state index contributed by atoms with van der Waals surface area (Å²) in [6.45, 7) is 1.87. The molecule has 0 atom stereocenters. The van der Waals surface area contributed by atoms with Gasteiger partial charge in [0.15, 0.2) is 15.7 Å². The van der Waals surface area contributed by atoms with Gasteiger partial charge in [-0.25, -0.2) is 13.4 Å². The van der Waals surface area contributed by atoms with Gasteiger partial charge in [0.2, 0.25) is 0 Å². The minimum atomic E-state index is -4.64. The summed E-state index contributed by atoms with van der Waals surface area (Å²) in [4.78, 5) is 16.8. The Hall–Kier alpha value is -2.95. The zero-order valence-corrected chi connectivity index (χ0v) is 17.9. The molecule has 0 bridgehead atoms. The number of pyridine rings is 1. The van der Waals surface area contributed by atoms with Gasteiger partial charge in [-0.2, -0.15) is 23.0 Å². The summed E-state index contributed by atoms with van der Waals surface area (Å²) >= 11 is 0. The van der Waals surface area contributed by atoms with Crippen LogP contribution in [0.25, 0.3) is 16.6 Å². The Bertz CT molecular complexity index is 1330. The Morgan fingerprint density at radius 3 is 2.56 bits per heavy atom. The molecule has 0 aliphatic heterocycles. The van der Waals surface area contributed by atoms with Crippen LogP contribution in [0.2, 0.25) is 0 Å². The van der Waals surface area contributed by atoms with Crippen molar-refractivity contribution in [3.63, 3.8) is 0 Å². The predicted molar refractivity (Wildman–Crippen MR) is 111 cm³/mol. The van der Waals surface area contributed by atoms with Crippen LogP contribution in [0, 0.1) is 5.92 Å². The van der Waals surface area contributed by atoms with Crippen molar-refractivity contribution in [3.05, 3.63) is 52.6 Å². The van der Waals surface area contributed by atoms with Crippen LogP contribution in [0.5, 0.6) is 5.75 Å². The number of sulfone groups is 1. The van der Waals surface area contributed by atoms with E-state index in [2.05, 4.69) is 10.1 Å². The van der Waals surface area contributed by atoms with E-state index in [9.17, 15) is 26.4 Å². The Kier molecular flexibility index (Phi) is 5.70. The lowest BCUT2D eigenvalue weighted by Gasteiger charge is -2.25. The summed E-state index contributed by atoms with van der Waals surface area (Å²) in [5.41, 5.74) is -1.90. The minimum Gasteiger partial charge on any atom is -0.492 e. The van der Waals surface area contributed by atoms with Crippen LogP contribution in [-0.2, 0) is 16.0 Å². The fourth-order valence-electron chi connectivity index (χ4n) is 3.38. The van der Waals surface area contributed by atoms with Crippen LogP contribution in [0.15, 0.2) is 46.3 Å². The SMILES string of the molecule is CCS(=O)(=O)c1cc(OCC2CCC2)cnc1-n1ncc2ccc(C(F)(F)F)cc2c1=O. The number of aromatic nitrogens is 3. The summed E-state index contributed by atoms with van der Waals surface area (Å²) in [6, 6.07) is 4.00. The maximum Gasteiger partial charge on any atom is 0.416 e. The largest absolute Gasteiger partial charge is 0.492 e. The molecule has 1 aliphatic carbocycles. The van der Waals surface area contributed by atoms with E-state index < -0.39 is 27.1 Å². The molecule has 1 saturated carbocycles. The quantitative estimate of drug-likeness (QED) is 0.548. The van der Waals surface area contributed by atoms with E-state index in [0.29, 0.717) is 17.2 Å². The van der Waals surface area contributed by atoms with Crippen molar-refractivity contribution in [1.29, 1.82) is 0 Å². The van der Waals surface area contributed by atoms with E-state index in [1.165, 1.54) is 25.4 Å². The maximum absolute atomic E-state index is 13.1. The van der Waals surface area contributed by atoms with Crippen molar-refractivity contribution in [2.75, 3.05) is 12.4 Å². The van der Waals surface area contributed by atoms with Gasteiger partial charge >= 0.3 is 6.18 Å². The Morgan fingerprint density at radius 1 is 1.19 bits per heavy atom. The molecule has 0 spiro atoms. The van der Waals surface area contributed by atoms with E-state index in [0.717, 1.165) is 37.5 Å². The number of nitrogens with zero attached hydrogens (tertiary/aromatic N) is 3. The number of fused-ring (bicyclic) bond motifs is 1. The highest BCUT2D eigenvalue weighted by Crippen LogP contribution is 2.31. The molecule has 1 aliphatic rings. The number of benzene rings is 1. The number of rotatable bonds is 6. The zero-order chi connectivity index (χ0) is 23.1. The van der Waals surface area contributed by atoms with Crippen LogP contribution in [-0.4, -0.2) is 35.5 Å². The fourth-order valence-corrected chi connectivity index (χ4v) is 4.41. The topological polar surface area (TPSA) is 91.2 Å². The molecule has 3 aromatic rings. The van der Waals surface area contributed by atoms with Crippen LogP contribution in [0.4, 0.5) is 13.2 Å². The molecule has 2 aromatic heterocycles. The maximum atomic E-state index is 13.1. The minimum absolute atomic E-state index is 0.194. The van der Waals surface area contributed by atoms with Crippen LogP contribution in [0.1, 0.15) is 31.7 Å². The van der Waals surface area contributed by atoms with Gasteiger partial charge in [0.05, 0.1) is 35.7 Å². The third-order valence-electron chi connectivity index (χ3n) is 5.55. The smallest absolute Gasteiger partial charge is 0.416 e. The van der Waals surface area contributed by atoms with E-state index in [4.69, 9.17) is 4.74 Å². The first-order valence-corrected chi connectivity index (χ1v) is 11.7. The molecule has 0 amide bonds. The van der Waals surface area contributed by atoms with E-state index in [1.54, 1.807) is 0 Å². The summed E-state index contributed by atoms with van der Waals surface area (Å²) in [7, 11) is -3.85. The predicted octanol–water partition coefficient (Wildman–Crippen LogP) is 3.77. The van der Waals surface area contributed by atoms with Gasteiger partial charge in [0.25, 0.3) is 5.56 Å². The lowest BCUT2D eigenvalue weighted by molar-refractivity contribution is -0.137. The number of hydrogen-bond acceptors (Lipinski definition) is 6. The van der Waals surface area contributed by atoms with Gasteiger partial charge in [-0.3, -0.25) is 4.79 Å². The number of hydrogen-bond donors (Lipinski definition) is 0. The van der Waals surface area contributed by atoms with Crippen molar-refractivity contribution >= 4 is 20.6 Å². The van der Waals surface area contributed by atoms with Crippen LogP contribution < -0.4 is 10.3 Å². The molecule has 1 fully saturated rings. The van der Waals surface area contributed by atoms with Gasteiger partial charge in [0, 0.05) is 11.5 Å². The number of alkyl halides is 3. The average Bonchev–Trinajstić information content (AvgIpc) is 2.72. The molecule has 32 heavy (non-hydrogen) atoms. The molecule has 2 heterocycles. The highest BCUT2D eigenvalue weighted by Gasteiger charge is 2.31. The van der Waals surface area contributed by atoms with E-state index >= 15 is 0 Å². The first-order valence-electron chi connectivity index (χ1n) is 10.1. The van der Waals surface area contributed by atoms with Gasteiger partial charge < -0.3 is 4.74 Å². The summed E-state index contributed by atoms with van der Waals surface area (Å²) in [6.07, 6.45) is 1.06. The molecule has 11 heteroatoms. The second-order valence-corrected chi connectivity index (χ2v) is 9.91. The van der Waals surface area contributed by atoms with Crippen LogP contribution in [0.3, 0.4) is 0 Å². The first kappa shape index (κ1) is 22.3. The van der Waals surface area contributed by atoms with E-state index in [1.807, 2.05) is 0 Å². The normalized spacial score (nSPS) is 15.0. The summed E-state index contributed by atoms with van der Waals surface area (Å²) < 4.78 is 71.2. The Morgan fingerprint density at radius 2 is 1.94 bits per heavy atom. The molecule has 170 valence electrons. The highest BCUT2D eigenvalue weighted by atomic mass is 32.2. The fraction of sp³-hybridized carbons (Fsp3) is 0.381. The molecule has 0 unspecified atom stereocenters. The number of ether oxygens (including phenoxy) is 1. The third kappa shape index (κ3) is 4.21.